The molecule has 0 amide bonds. The molecule has 0 spiro atoms. The molecule has 2 heterocycles. The lowest BCUT2D eigenvalue weighted by Crippen LogP contribution is -2.02. The Balaban J connectivity index is 2.38. The zero-order valence-electron chi connectivity index (χ0n) is 9.08. The first kappa shape index (κ1) is 11.5. The first-order chi connectivity index (χ1) is 8.20. The van der Waals surface area contributed by atoms with E-state index in [2.05, 4.69) is 15.3 Å². The lowest BCUT2D eigenvalue weighted by Gasteiger charge is -2.03. The molecule has 2 aromatic heterocycles. The first-order valence-electron chi connectivity index (χ1n) is 4.91. The van der Waals surface area contributed by atoms with Gasteiger partial charge in [0.1, 0.15) is 11.5 Å². The molecule has 0 aliphatic heterocycles. The van der Waals surface area contributed by atoms with Crippen LogP contribution in [0.5, 0.6) is 0 Å². The van der Waals surface area contributed by atoms with Crippen LogP contribution >= 0.6 is 11.3 Å². The fraction of sp³-hybridized carbons (Fsp3) is 0.200. The Labute approximate surface area is 102 Å². The molecule has 7 heteroatoms. The molecule has 0 aliphatic carbocycles. The minimum Gasteiger partial charge on any atom is -0.373 e. The van der Waals surface area contributed by atoms with E-state index in [1.165, 1.54) is 17.4 Å². The summed E-state index contributed by atoms with van der Waals surface area (Å²) in [5, 5.41) is 16.4. The van der Waals surface area contributed by atoms with Gasteiger partial charge in [0.15, 0.2) is 0 Å². The Morgan fingerprint density at radius 2 is 2.35 bits per heavy atom. The molecule has 17 heavy (non-hydrogen) atoms. The summed E-state index contributed by atoms with van der Waals surface area (Å²) in [4.78, 5) is 18.8. The molecule has 0 unspecified atom stereocenters. The van der Waals surface area contributed by atoms with Gasteiger partial charge in [-0.05, 0) is 6.07 Å². The summed E-state index contributed by atoms with van der Waals surface area (Å²) < 4.78 is 0. The molecule has 0 aliphatic rings. The van der Waals surface area contributed by atoms with Crippen LogP contribution < -0.4 is 5.32 Å². The fourth-order valence-electron chi connectivity index (χ4n) is 1.41. The van der Waals surface area contributed by atoms with E-state index in [4.69, 9.17) is 0 Å². The van der Waals surface area contributed by atoms with Gasteiger partial charge in [-0.2, -0.15) is 0 Å². The number of hydrogen-bond acceptors (Lipinski definition) is 6. The lowest BCUT2D eigenvalue weighted by atomic mass is 10.2. The van der Waals surface area contributed by atoms with Gasteiger partial charge in [-0.25, -0.2) is 9.97 Å². The monoisotopic (exact) mass is 250 g/mol. The third kappa shape index (κ3) is 2.56. The highest BCUT2D eigenvalue weighted by Gasteiger charge is 2.16. The van der Waals surface area contributed by atoms with E-state index >= 15 is 0 Å². The second-order valence-corrected chi connectivity index (χ2v) is 4.25. The molecule has 0 atom stereocenters. The van der Waals surface area contributed by atoms with E-state index in [1.807, 2.05) is 5.38 Å². The molecule has 0 fully saturated rings. The molecule has 0 saturated heterocycles. The molecule has 6 nitrogen and oxygen atoms in total. The Hall–Kier alpha value is -2.02. The lowest BCUT2D eigenvalue weighted by molar-refractivity contribution is -0.385. The van der Waals surface area contributed by atoms with E-state index in [-0.39, 0.29) is 5.69 Å². The summed E-state index contributed by atoms with van der Waals surface area (Å²) >= 11 is 1.46. The SMILES string of the molecule is CNc1ccc([N+](=O)[O-])c(Cc2nccs2)n1. The van der Waals surface area contributed by atoms with Gasteiger partial charge in [0.05, 0.1) is 9.93 Å². The van der Waals surface area contributed by atoms with Crippen LogP contribution in [-0.4, -0.2) is 21.9 Å². The Morgan fingerprint density at radius 3 is 2.94 bits per heavy atom. The van der Waals surface area contributed by atoms with Crippen molar-refractivity contribution in [3.05, 3.63) is 44.5 Å². The molecule has 88 valence electrons. The molecule has 2 aromatic rings. The number of thiazole rings is 1. The second-order valence-electron chi connectivity index (χ2n) is 3.27. The molecule has 0 aromatic carbocycles. The first-order valence-corrected chi connectivity index (χ1v) is 5.79. The Morgan fingerprint density at radius 1 is 1.53 bits per heavy atom. The number of hydrogen-bond donors (Lipinski definition) is 1. The van der Waals surface area contributed by atoms with Crippen LogP contribution in [0.3, 0.4) is 0 Å². The van der Waals surface area contributed by atoms with Gasteiger partial charge in [0, 0.05) is 31.1 Å². The van der Waals surface area contributed by atoms with Gasteiger partial charge in [0.25, 0.3) is 5.69 Å². The van der Waals surface area contributed by atoms with E-state index < -0.39 is 4.92 Å². The minimum absolute atomic E-state index is 0.0270. The van der Waals surface area contributed by atoms with Crippen LogP contribution in [-0.2, 0) is 6.42 Å². The van der Waals surface area contributed by atoms with Gasteiger partial charge in [-0.3, -0.25) is 10.1 Å². The van der Waals surface area contributed by atoms with E-state index in [0.29, 0.717) is 17.9 Å². The molecule has 0 saturated carbocycles. The smallest absolute Gasteiger partial charge is 0.291 e. The zero-order valence-corrected chi connectivity index (χ0v) is 9.90. The van der Waals surface area contributed by atoms with Crippen molar-refractivity contribution in [3.8, 4) is 0 Å². The minimum atomic E-state index is -0.421. The molecule has 0 bridgehead atoms. The number of nitrogens with zero attached hydrogens (tertiary/aromatic N) is 3. The maximum atomic E-state index is 10.9. The van der Waals surface area contributed by atoms with Crippen LogP contribution in [0.25, 0.3) is 0 Å². The fourth-order valence-corrected chi connectivity index (χ4v) is 2.03. The standard InChI is InChI=1S/C10H10N4O2S/c1-11-9-3-2-8(14(15)16)7(13-9)6-10-12-4-5-17-10/h2-5H,6H2,1H3,(H,11,13). The predicted molar refractivity (Wildman–Crippen MR) is 65.4 cm³/mol. The van der Waals surface area contributed by atoms with Crippen LogP contribution in [0.2, 0.25) is 0 Å². The predicted octanol–water partition coefficient (Wildman–Crippen LogP) is 2.08. The number of pyridine rings is 1. The number of anilines is 1. The van der Waals surface area contributed by atoms with Crippen molar-refractivity contribution >= 4 is 22.8 Å². The molecular formula is C10H10N4O2S. The Bertz CT molecular complexity index is 527. The maximum Gasteiger partial charge on any atom is 0.291 e. The van der Waals surface area contributed by atoms with Gasteiger partial charge in [-0.15, -0.1) is 11.3 Å². The van der Waals surface area contributed by atoms with Crippen molar-refractivity contribution in [1.29, 1.82) is 0 Å². The zero-order chi connectivity index (χ0) is 12.3. The highest BCUT2D eigenvalue weighted by molar-refractivity contribution is 7.09. The van der Waals surface area contributed by atoms with Gasteiger partial charge >= 0.3 is 0 Å². The summed E-state index contributed by atoms with van der Waals surface area (Å²) in [6, 6.07) is 3.05. The molecular weight excluding hydrogens is 240 g/mol. The summed E-state index contributed by atoms with van der Waals surface area (Å²) in [5.41, 5.74) is 0.455. The average Bonchev–Trinajstić information content (AvgIpc) is 2.81. The van der Waals surface area contributed by atoms with E-state index in [9.17, 15) is 10.1 Å². The van der Waals surface area contributed by atoms with Crippen LogP contribution in [0.4, 0.5) is 11.5 Å². The van der Waals surface area contributed by atoms with Crippen molar-refractivity contribution in [2.45, 2.75) is 6.42 Å². The summed E-state index contributed by atoms with van der Waals surface area (Å²) in [7, 11) is 1.72. The normalized spacial score (nSPS) is 10.2. The maximum absolute atomic E-state index is 10.9. The van der Waals surface area contributed by atoms with E-state index in [0.717, 1.165) is 5.01 Å². The van der Waals surface area contributed by atoms with Crippen molar-refractivity contribution < 1.29 is 4.92 Å². The van der Waals surface area contributed by atoms with Crippen LogP contribution in [0.15, 0.2) is 23.7 Å². The van der Waals surface area contributed by atoms with Crippen molar-refractivity contribution in [1.82, 2.24) is 9.97 Å². The summed E-state index contributed by atoms with van der Waals surface area (Å²) in [5.74, 6) is 0.613. The van der Waals surface area contributed by atoms with Gasteiger partial charge in [0.2, 0.25) is 0 Å². The number of rotatable bonds is 4. The third-order valence-corrected chi connectivity index (χ3v) is 2.98. The summed E-state index contributed by atoms with van der Waals surface area (Å²) in [6.45, 7) is 0. The summed E-state index contributed by atoms with van der Waals surface area (Å²) in [6.07, 6.45) is 2.05. The highest BCUT2D eigenvalue weighted by atomic mass is 32.1. The van der Waals surface area contributed by atoms with Crippen LogP contribution in [0.1, 0.15) is 10.7 Å². The number of nitro groups is 1. The van der Waals surface area contributed by atoms with Crippen molar-refractivity contribution in [3.63, 3.8) is 0 Å². The number of nitrogens with one attached hydrogen (secondary N) is 1. The molecule has 2 rings (SSSR count). The Kier molecular flexibility index (Phi) is 3.29. The topological polar surface area (TPSA) is 81.0 Å². The largest absolute Gasteiger partial charge is 0.373 e. The molecule has 0 radical (unpaired) electrons. The van der Waals surface area contributed by atoms with Gasteiger partial charge in [-0.1, -0.05) is 0 Å². The molecule has 1 N–H and O–H groups in total. The van der Waals surface area contributed by atoms with Crippen molar-refractivity contribution in [2.24, 2.45) is 0 Å². The van der Waals surface area contributed by atoms with Gasteiger partial charge < -0.3 is 5.32 Å². The highest BCUT2D eigenvalue weighted by Crippen LogP contribution is 2.22. The second kappa shape index (κ2) is 4.88. The quantitative estimate of drug-likeness (QED) is 0.663. The van der Waals surface area contributed by atoms with E-state index in [1.54, 1.807) is 19.3 Å². The average molecular weight is 250 g/mol. The van der Waals surface area contributed by atoms with Crippen molar-refractivity contribution in [2.75, 3.05) is 12.4 Å². The number of aromatic nitrogens is 2. The van der Waals surface area contributed by atoms with Crippen LogP contribution in [0, 0.1) is 10.1 Å². The third-order valence-electron chi connectivity index (χ3n) is 2.21.